The Morgan fingerprint density at radius 3 is 1.91 bits per heavy atom. The predicted octanol–water partition coefficient (Wildman–Crippen LogP) is 10.7. The first kappa shape index (κ1) is 26.5. The van der Waals surface area contributed by atoms with Crippen molar-refractivity contribution in [3.63, 3.8) is 0 Å². The molecule has 0 amide bonds. The molecule has 0 aliphatic carbocycles. The highest BCUT2D eigenvalue weighted by atomic mass is 19.4. The lowest BCUT2D eigenvalue weighted by atomic mass is 9.89. The minimum atomic E-state index is -4.45. The Bertz CT molecular complexity index is 1230. The topological polar surface area (TPSA) is 0 Å². The largest absolute Gasteiger partial charge is 0.417 e. The van der Waals surface area contributed by atoms with Crippen LogP contribution in [-0.2, 0) is 6.18 Å². The second-order valence-electron chi connectivity index (χ2n) is 10.4. The van der Waals surface area contributed by atoms with E-state index in [9.17, 15) is 13.2 Å². The molecule has 0 nitrogen and oxygen atoms in total. The van der Waals surface area contributed by atoms with Gasteiger partial charge in [-0.05, 0) is 94.8 Å². The number of benzene rings is 3. The van der Waals surface area contributed by atoms with Crippen LogP contribution in [0, 0.1) is 5.41 Å². The Labute approximate surface area is 208 Å². The average Bonchev–Trinajstić information content (AvgIpc) is 2.81. The quantitative estimate of drug-likeness (QED) is 0.332. The van der Waals surface area contributed by atoms with E-state index in [1.165, 1.54) is 11.6 Å². The molecule has 0 aliphatic heterocycles. The predicted molar refractivity (Wildman–Crippen MR) is 144 cm³/mol. The highest BCUT2D eigenvalue weighted by molar-refractivity contribution is 5.79. The van der Waals surface area contributed by atoms with Crippen molar-refractivity contribution in [2.75, 3.05) is 0 Å². The molecule has 0 bridgehead atoms. The fourth-order valence-corrected chi connectivity index (χ4v) is 4.09. The lowest BCUT2D eigenvalue weighted by molar-refractivity contribution is -0.137. The normalized spacial score (nSPS) is 13.3. The smallest absolute Gasteiger partial charge is 0.166 e. The van der Waals surface area contributed by atoms with E-state index in [1.807, 2.05) is 43.3 Å². The highest BCUT2D eigenvalue weighted by Gasteiger charge is 2.34. The van der Waals surface area contributed by atoms with E-state index in [4.69, 9.17) is 0 Å². The summed E-state index contributed by atoms with van der Waals surface area (Å²) in [6, 6.07) is 20.2. The van der Waals surface area contributed by atoms with Crippen molar-refractivity contribution in [3.05, 3.63) is 95.6 Å². The van der Waals surface area contributed by atoms with Crippen molar-refractivity contribution in [2.24, 2.45) is 5.41 Å². The van der Waals surface area contributed by atoms with Gasteiger partial charge in [-0.25, -0.2) is 0 Å². The van der Waals surface area contributed by atoms with Gasteiger partial charge in [-0.15, -0.1) is 0 Å². The molecule has 0 radical (unpaired) electrons. The number of allylic oxidation sites excluding steroid dienone is 4. The van der Waals surface area contributed by atoms with Crippen molar-refractivity contribution in [1.29, 1.82) is 0 Å². The van der Waals surface area contributed by atoms with Gasteiger partial charge < -0.3 is 0 Å². The Kier molecular flexibility index (Phi) is 8.10. The summed E-state index contributed by atoms with van der Waals surface area (Å²) < 4.78 is 42.5. The summed E-state index contributed by atoms with van der Waals surface area (Å²) in [6.45, 7) is 12.4. The minimum absolute atomic E-state index is 0.0800. The summed E-state index contributed by atoms with van der Waals surface area (Å²) in [5.41, 5.74) is 5.89. The van der Waals surface area contributed by atoms with Gasteiger partial charge in [-0.1, -0.05) is 88.4 Å². The van der Waals surface area contributed by atoms with E-state index >= 15 is 0 Å². The van der Waals surface area contributed by atoms with E-state index in [2.05, 4.69) is 52.8 Å². The fourth-order valence-electron chi connectivity index (χ4n) is 4.09. The molecule has 0 atom stereocenters. The number of hydrogen-bond donors (Lipinski definition) is 0. The van der Waals surface area contributed by atoms with Crippen LogP contribution < -0.4 is 0 Å². The number of hydrogen-bond acceptors (Lipinski definition) is 0. The summed E-state index contributed by atoms with van der Waals surface area (Å²) in [6.07, 6.45) is 1.50. The van der Waals surface area contributed by atoms with Crippen molar-refractivity contribution >= 4 is 11.1 Å². The van der Waals surface area contributed by atoms with E-state index in [-0.39, 0.29) is 11.0 Å². The maximum atomic E-state index is 14.2. The van der Waals surface area contributed by atoms with Crippen LogP contribution in [0.25, 0.3) is 33.4 Å². The second kappa shape index (κ2) is 10.7. The van der Waals surface area contributed by atoms with Crippen LogP contribution in [-0.4, -0.2) is 0 Å². The fraction of sp³-hybridized carbons (Fsp3) is 0.312. The zero-order chi connectivity index (χ0) is 25.8. The van der Waals surface area contributed by atoms with Gasteiger partial charge in [0.15, 0.2) is 0 Å². The third-order valence-corrected chi connectivity index (χ3v) is 6.14. The summed E-state index contributed by atoms with van der Waals surface area (Å²) in [5, 5.41) is 0. The molecule has 0 spiro atoms. The standard InChI is InChI=1S/C32H35F3/c1-7-10-22(2)24-11-8-12-26(19-24)27-13-9-14-28(20-27)29-16-15-25(21-30(29)32(33,34)35)23(3)17-18-31(4,5)6/h8-17,19-21H,7,18H2,1-6H3/b22-10+,23-17+. The third kappa shape index (κ3) is 6.97. The van der Waals surface area contributed by atoms with Gasteiger partial charge in [-0.2, -0.15) is 13.2 Å². The zero-order valence-electron chi connectivity index (χ0n) is 21.6. The second-order valence-corrected chi connectivity index (χ2v) is 10.4. The Hall–Kier alpha value is -3.07. The van der Waals surface area contributed by atoms with Crippen molar-refractivity contribution < 1.29 is 13.2 Å². The lowest BCUT2D eigenvalue weighted by Crippen LogP contribution is -2.08. The molecule has 184 valence electrons. The Morgan fingerprint density at radius 1 is 0.714 bits per heavy atom. The first-order valence-corrected chi connectivity index (χ1v) is 12.2. The molecular formula is C32H35F3. The third-order valence-electron chi connectivity index (χ3n) is 6.14. The van der Waals surface area contributed by atoms with E-state index < -0.39 is 11.7 Å². The first-order chi connectivity index (χ1) is 16.4. The summed E-state index contributed by atoms with van der Waals surface area (Å²) in [5.74, 6) is 0. The van der Waals surface area contributed by atoms with Crippen LogP contribution in [0.5, 0.6) is 0 Å². The van der Waals surface area contributed by atoms with Crippen LogP contribution in [0.2, 0.25) is 0 Å². The van der Waals surface area contributed by atoms with Crippen molar-refractivity contribution in [1.82, 2.24) is 0 Å². The Morgan fingerprint density at radius 2 is 1.29 bits per heavy atom. The molecule has 0 aromatic heterocycles. The number of halogens is 3. The van der Waals surface area contributed by atoms with Gasteiger partial charge in [0.25, 0.3) is 0 Å². The van der Waals surface area contributed by atoms with Gasteiger partial charge in [-0.3, -0.25) is 0 Å². The molecule has 3 aromatic carbocycles. The van der Waals surface area contributed by atoms with Crippen LogP contribution >= 0.6 is 0 Å². The maximum Gasteiger partial charge on any atom is 0.417 e. The number of rotatable bonds is 6. The number of alkyl halides is 3. The van der Waals surface area contributed by atoms with E-state index in [0.29, 0.717) is 11.1 Å². The molecule has 0 unspecified atom stereocenters. The minimum Gasteiger partial charge on any atom is -0.166 e. The lowest BCUT2D eigenvalue weighted by Gasteiger charge is -2.18. The Balaban J connectivity index is 2.06. The van der Waals surface area contributed by atoms with Gasteiger partial charge in [0, 0.05) is 0 Å². The summed E-state index contributed by atoms with van der Waals surface area (Å²) in [4.78, 5) is 0. The van der Waals surface area contributed by atoms with Crippen molar-refractivity contribution in [3.8, 4) is 22.3 Å². The molecule has 3 aromatic rings. The molecule has 35 heavy (non-hydrogen) atoms. The molecule has 0 fully saturated rings. The van der Waals surface area contributed by atoms with Crippen LogP contribution in [0.4, 0.5) is 13.2 Å². The molecule has 0 saturated carbocycles. The van der Waals surface area contributed by atoms with Crippen LogP contribution in [0.3, 0.4) is 0 Å². The van der Waals surface area contributed by atoms with Gasteiger partial charge in [0.05, 0.1) is 5.56 Å². The van der Waals surface area contributed by atoms with Gasteiger partial charge >= 0.3 is 6.18 Å². The molecule has 0 aliphatic rings. The molecular weight excluding hydrogens is 441 g/mol. The summed E-state index contributed by atoms with van der Waals surface area (Å²) >= 11 is 0. The van der Waals surface area contributed by atoms with E-state index in [0.717, 1.165) is 35.1 Å². The van der Waals surface area contributed by atoms with Crippen LogP contribution in [0.15, 0.2) is 78.9 Å². The summed E-state index contributed by atoms with van der Waals surface area (Å²) in [7, 11) is 0. The van der Waals surface area contributed by atoms with E-state index in [1.54, 1.807) is 18.2 Å². The van der Waals surface area contributed by atoms with Crippen molar-refractivity contribution in [2.45, 2.75) is 60.6 Å². The monoisotopic (exact) mass is 476 g/mol. The molecule has 0 saturated heterocycles. The van der Waals surface area contributed by atoms with Gasteiger partial charge in [0.1, 0.15) is 0 Å². The zero-order valence-corrected chi connectivity index (χ0v) is 21.6. The SMILES string of the molecule is CC/C=C(\C)c1cccc(-c2cccc(-c3ccc(/C(C)=C/CC(C)(C)C)cc3C(F)(F)F)c2)c1. The molecule has 3 rings (SSSR count). The highest BCUT2D eigenvalue weighted by Crippen LogP contribution is 2.40. The maximum absolute atomic E-state index is 14.2. The molecule has 3 heteroatoms. The molecule has 0 N–H and O–H groups in total. The molecule has 0 heterocycles. The van der Waals surface area contributed by atoms with Crippen LogP contribution in [0.1, 0.15) is 71.1 Å². The average molecular weight is 477 g/mol. The first-order valence-electron chi connectivity index (χ1n) is 12.2. The van der Waals surface area contributed by atoms with Gasteiger partial charge in [0.2, 0.25) is 0 Å².